The number of anilines is 2. The van der Waals surface area contributed by atoms with Gasteiger partial charge < -0.3 is 15.2 Å². The molecule has 0 spiro atoms. The summed E-state index contributed by atoms with van der Waals surface area (Å²) in [5.41, 5.74) is 8.45. The van der Waals surface area contributed by atoms with Gasteiger partial charge in [-0.25, -0.2) is 0 Å². The zero-order chi connectivity index (χ0) is 13.4. The molecule has 1 aromatic carbocycles. The Labute approximate surface area is 110 Å². The number of rotatable bonds is 1. The molecule has 6 heteroatoms. The molecule has 1 amide bonds. The lowest BCUT2D eigenvalue weighted by atomic mass is 10.0. The van der Waals surface area contributed by atoms with E-state index in [4.69, 9.17) is 10.3 Å². The Morgan fingerprint density at radius 3 is 3.05 bits per heavy atom. The number of hydrogen-bond acceptors (Lipinski definition) is 5. The average Bonchev–Trinajstić information content (AvgIpc) is 2.83. The van der Waals surface area contributed by atoms with E-state index in [0.717, 1.165) is 24.1 Å². The molecule has 0 aliphatic carbocycles. The second-order valence-corrected chi connectivity index (χ2v) is 4.59. The monoisotopic (exact) mass is 258 g/mol. The normalized spacial score (nSPS) is 14.3. The van der Waals surface area contributed by atoms with Crippen molar-refractivity contribution in [2.24, 2.45) is 0 Å². The standard InChI is InChI=1S/C13H14N4O2/c1-8-15-12(16-19-8)13(18)17-6-2-3-9-7-10(14)4-5-11(9)17/h4-5,7H,2-3,6,14H2,1H3. The number of carbonyl (C=O) groups excluding carboxylic acids is 1. The van der Waals surface area contributed by atoms with Gasteiger partial charge in [0, 0.05) is 24.8 Å². The van der Waals surface area contributed by atoms with Crippen molar-refractivity contribution >= 4 is 17.3 Å². The number of amides is 1. The highest BCUT2D eigenvalue weighted by Crippen LogP contribution is 2.29. The molecular formula is C13H14N4O2. The molecule has 98 valence electrons. The second kappa shape index (κ2) is 4.38. The Hall–Kier alpha value is -2.37. The molecular weight excluding hydrogens is 244 g/mol. The fourth-order valence-corrected chi connectivity index (χ4v) is 2.33. The van der Waals surface area contributed by atoms with Crippen LogP contribution in [0.5, 0.6) is 0 Å². The summed E-state index contributed by atoms with van der Waals surface area (Å²) in [5, 5.41) is 3.68. The van der Waals surface area contributed by atoms with Crippen LogP contribution >= 0.6 is 0 Å². The summed E-state index contributed by atoms with van der Waals surface area (Å²) >= 11 is 0. The Balaban J connectivity index is 1.97. The van der Waals surface area contributed by atoms with Crippen molar-refractivity contribution in [3.8, 4) is 0 Å². The molecule has 1 aromatic heterocycles. The van der Waals surface area contributed by atoms with E-state index in [-0.39, 0.29) is 11.7 Å². The Bertz CT molecular complexity index is 635. The van der Waals surface area contributed by atoms with Gasteiger partial charge in [-0.3, -0.25) is 4.79 Å². The SMILES string of the molecule is Cc1nc(C(=O)N2CCCc3cc(N)ccc32)no1. The van der Waals surface area contributed by atoms with Crippen molar-refractivity contribution in [1.29, 1.82) is 0 Å². The lowest BCUT2D eigenvalue weighted by molar-refractivity contribution is 0.0972. The lowest BCUT2D eigenvalue weighted by Crippen LogP contribution is -2.36. The summed E-state index contributed by atoms with van der Waals surface area (Å²) in [6.07, 6.45) is 1.83. The third kappa shape index (κ3) is 2.05. The van der Waals surface area contributed by atoms with Gasteiger partial charge in [0.15, 0.2) is 0 Å². The molecule has 3 rings (SSSR count). The summed E-state index contributed by atoms with van der Waals surface area (Å²) < 4.78 is 4.85. The highest BCUT2D eigenvalue weighted by molar-refractivity contribution is 6.04. The Morgan fingerprint density at radius 1 is 1.47 bits per heavy atom. The topological polar surface area (TPSA) is 85.2 Å². The van der Waals surface area contributed by atoms with Gasteiger partial charge in [0.1, 0.15) is 0 Å². The molecule has 0 radical (unpaired) electrons. The zero-order valence-corrected chi connectivity index (χ0v) is 10.6. The Kier molecular flexibility index (Phi) is 2.70. The second-order valence-electron chi connectivity index (χ2n) is 4.59. The minimum absolute atomic E-state index is 0.0992. The van der Waals surface area contributed by atoms with Crippen LogP contribution in [0, 0.1) is 6.92 Å². The minimum Gasteiger partial charge on any atom is -0.399 e. The van der Waals surface area contributed by atoms with Crippen LogP contribution in [0.3, 0.4) is 0 Å². The molecule has 1 aliphatic heterocycles. The van der Waals surface area contributed by atoms with Gasteiger partial charge in [-0.2, -0.15) is 4.98 Å². The first-order chi connectivity index (χ1) is 9.15. The van der Waals surface area contributed by atoms with Crippen molar-refractivity contribution in [3.63, 3.8) is 0 Å². The minimum atomic E-state index is -0.234. The number of nitrogens with zero attached hydrogens (tertiary/aromatic N) is 3. The molecule has 2 N–H and O–H groups in total. The van der Waals surface area contributed by atoms with Gasteiger partial charge in [-0.15, -0.1) is 0 Å². The van der Waals surface area contributed by atoms with E-state index < -0.39 is 0 Å². The smallest absolute Gasteiger partial charge is 0.299 e. The molecule has 6 nitrogen and oxygen atoms in total. The fraction of sp³-hybridized carbons (Fsp3) is 0.308. The summed E-state index contributed by atoms with van der Waals surface area (Å²) in [4.78, 5) is 18.0. The molecule has 2 aromatic rings. The van der Waals surface area contributed by atoms with Crippen molar-refractivity contribution < 1.29 is 9.32 Å². The first-order valence-electron chi connectivity index (χ1n) is 6.16. The summed E-state index contributed by atoms with van der Waals surface area (Å²) in [5.74, 6) is 0.252. The van der Waals surface area contributed by atoms with E-state index in [1.807, 2.05) is 12.1 Å². The third-order valence-electron chi connectivity index (χ3n) is 3.19. The number of aryl methyl sites for hydroxylation is 2. The van der Waals surface area contributed by atoms with Crippen LogP contribution in [0.15, 0.2) is 22.7 Å². The van der Waals surface area contributed by atoms with E-state index >= 15 is 0 Å². The maximum Gasteiger partial charge on any atom is 0.299 e. The maximum atomic E-state index is 12.4. The molecule has 0 atom stereocenters. The quantitative estimate of drug-likeness (QED) is 0.784. The van der Waals surface area contributed by atoms with Gasteiger partial charge in [-0.1, -0.05) is 5.16 Å². The van der Waals surface area contributed by atoms with Crippen LogP contribution in [-0.4, -0.2) is 22.6 Å². The van der Waals surface area contributed by atoms with Crippen LogP contribution in [-0.2, 0) is 6.42 Å². The van der Waals surface area contributed by atoms with E-state index in [2.05, 4.69) is 10.1 Å². The largest absolute Gasteiger partial charge is 0.399 e. The molecule has 2 heterocycles. The third-order valence-corrected chi connectivity index (χ3v) is 3.19. The summed E-state index contributed by atoms with van der Waals surface area (Å²) in [6, 6.07) is 5.58. The van der Waals surface area contributed by atoms with Crippen LogP contribution in [0.1, 0.15) is 28.5 Å². The van der Waals surface area contributed by atoms with Gasteiger partial charge in [0.25, 0.3) is 11.7 Å². The molecule has 0 saturated carbocycles. The highest BCUT2D eigenvalue weighted by Gasteiger charge is 2.26. The first kappa shape index (κ1) is 11.7. The van der Waals surface area contributed by atoms with Gasteiger partial charge in [0.2, 0.25) is 5.89 Å². The zero-order valence-electron chi connectivity index (χ0n) is 10.6. The van der Waals surface area contributed by atoms with Crippen LogP contribution in [0.4, 0.5) is 11.4 Å². The van der Waals surface area contributed by atoms with Gasteiger partial charge in [0.05, 0.1) is 0 Å². The first-order valence-corrected chi connectivity index (χ1v) is 6.16. The number of nitrogens with two attached hydrogens (primary N) is 1. The number of carbonyl (C=O) groups is 1. The molecule has 19 heavy (non-hydrogen) atoms. The van der Waals surface area contributed by atoms with Gasteiger partial charge in [-0.05, 0) is 36.6 Å². The van der Waals surface area contributed by atoms with Crippen LogP contribution in [0.2, 0.25) is 0 Å². The van der Waals surface area contributed by atoms with Crippen molar-refractivity contribution in [1.82, 2.24) is 10.1 Å². The molecule has 1 aliphatic rings. The molecule has 0 bridgehead atoms. The predicted octanol–water partition coefficient (Wildman–Crippen LogP) is 1.55. The average molecular weight is 258 g/mol. The number of hydrogen-bond donors (Lipinski definition) is 1. The van der Waals surface area contributed by atoms with E-state index in [9.17, 15) is 4.79 Å². The predicted molar refractivity (Wildman–Crippen MR) is 69.9 cm³/mol. The van der Waals surface area contributed by atoms with E-state index in [1.54, 1.807) is 17.9 Å². The van der Waals surface area contributed by atoms with Crippen LogP contribution in [0.25, 0.3) is 0 Å². The van der Waals surface area contributed by atoms with Crippen molar-refractivity contribution in [2.45, 2.75) is 19.8 Å². The molecule has 0 saturated heterocycles. The van der Waals surface area contributed by atoms with Gasteiger partial charge >= 0.3 is 0 Å². The maximum absolute atomic E-state index is 12.4. The number of benzene rings is 1. The summed E-state index contributed by atoms with van der Waals surface area (Å²) in [7, 11) is 0. The molecule has 0 unspecified atom stereocenters. The Morgan fingerprint density at radius 2 is 2.32 bits per heavy atom. The summed E-state index contributed by atoms with van der Waals surface area (Å²) in [6.45, 7) is 2.32. The molecule has 0 fully saturated rings. The van der Waals surface area contributed by atoms with E-state index in [1.165, 1.54) is 0 Å². The van der Waals surface area contributed by atoms with Crippen molar-refractivity contribution in [3.05, 3.63) is 35.5 Å². The fourth-order valence-electron chi connectivity index (χ4n) is 2.33. The number of aromatic nitrogens is 2. The number of nitrogen functional groups attached to an aromatic ring is 1. The van der Waals surface area contributed by atoms with Crippen LogP contribution < -0.4 is 10.6 Å². The number of fused-ring (bicyclic) bond motifs is 1. The van der Waals surface area contributed by atoms with Crippen molar-refractivity contribution in [2.75, 3.05) is 17.2 Å². The lowest BCUT2D eigenvalue weighted by Gasteiger charge is -2.28. The highest BCUT2D eigenvalue weighted by atomic mass is 16.5. The van der Waals surface area contributed by atoms with E-state index in [0.29, 0.717) is 18.1 Å².